The molecule has 53 heavy (non-hydrogen) atoms. The zero-order valence-electron chi connectivity index (χ0n) is 32.0. The molecule has 13 heteroatoms. The molecule has 0 spiro atoms. The van der Waals surface area contributed by atoms with Crippen molar-refractivity contribution in [2.45, 2.75) is 92.8 Å². The van der Waals surface area contributed by atoms with Crippen molar-refractivity contribution < 1.29 is 43.3 Å². The van der Waals surface area contributed by atoms with Crippen LogP contribution < -0.4 is 16.0 Å². The number of thiophene rings is 1. The summed E-state index contributed by atoms with van der Waals surface area (Å²) in [5.41, 5.74) is 3.91. The molecule has 290 valence electrons. The normalized spacial score (nSPS) is 12.0. The molecule has 0 aliphatic carbocycles. The van der Waals surface area contributed by atoms with Crippen molar-refractivity contribution in [2.24, 2.45) is 11.8 Å². The molecule has 3 atom stereocenters. The van der Waals surface area contributed by atoms with Gasteiger partial charge in [-0.3, -0.25) is 19.2 Å². The number of carbonyl (C=O) groups excluding carboxylic acids is 5. The standard InChI is InChI=1S/C16H23NO3.C13H19NO3S.C11H13NO3/c1-11(2)10-20-16(19)13(4)17-15(18)9-14-7-5-12(3)6-8-14;1-9(2)7-17-13(16)10(3)14-12(15)6-11-4-5-18-8-11;1-8(11(14)15)12-10(13)7-9-5-3-2-4-6-9/h5-8,11,13H,9-10H2,1-4H3,(H,17,18);4-5,8-10H,6-7H2,1-3H3,(H,14,15);2-6,8H,7H2,1H3,(H,12,13)(H,14,15). The van der Waals surface area contributed by atoms with Crippen LogP contribution in [0.25, 0.3) is 0 Å². The van der Waals surface area contributed by atoms with Crippen LogP contribution in [0.3, 0.4) is 0 Å². The number of nitrogens with one attached hydrogen (secondary N) is 3. The summed E-state index contributed by atoms with van der Waals surface area (Å²) in [6.45, 7) is 15.3. The summed E-state index contributed by atoms with van der Waals surface area (Å²) in [6, 6.07) is 16.8. The van der Waals surface area contributed by atoms with Gasteiger partial charge in [0.15, 0.2) is 0 Å². The summed E-state index contributed by atoms with van der Waals surface area (Å²) in [7, 11) is 0. The lowest BCUT2D eigenvalue weighted by Crippen LogP contribution is -2.40. The second-order valence-corrected chi connectivity index (χ2v) is 14.2. The van der Waals surface area contributed by atoms with Crippen LogP contribution in [0.5, 0.6) is 0 Å². The summed E-state index contributed by atoms with van der Waals surface area (Å²) >= 11 is 1.55. The van der Waals surface area contributed by atoms with Gasteiger partial charge in [-0.25, -0.2) is 9.59 Å². The van der Waals surface area contributed by atoms with Gasteiger partial charge in [0.25, 0.3) is 0 Å². The Labute approximate surface area is 317 Å². The second-order valence-electron chi connectivity index (χ2n) is 13.4. The Hall–Kier alpha value is -5.04. The van der Waals surface area contributed by atoms with E-state index >= 15 is 0 Å². The van der Waals surface area contributed by atoms with Crippen molar-refractivity contribution in [3.8, 4) is 0 Å². The quantitative estimate of drug-likeness (QED) is 0.146. The monoisotopic (exact) mass is 753 g/mol. The number of carboxylic acid groups (broad SMARTS) is 1. The van der Waals surface area contributed by atoms with Crippen molar-refractivity contribution >= 4 is 47.0 Å². The number of aliphatic carboxylic acids is 1. The number of carboxylic acids is 1. The molecule has 0 saturated heterocycles. The lowest BCUT2D eigenvalue weighted by atomic mass is 10.1. The highest BCUT2D eigenvalue weighted by Crippen LogP contribution is 2.07. The third-order valence-electron chi connectivity index (χ3n) is 6.97. The van der Waals surface area contributed by atoms with Crippen molar-refractivity contribution in [1.82, 2.24) is 16.0 Å². The van der Waals surface area contributed by atoms with E-state index in [0.717, 1.165) is 22.3 Å². The molecule has 1 heterocycles. The van der Waals surface area contributed by atoms with E-state index in [1.807, 2.05) is 106 Å². The molecular weight excluding hydrogens is 699 g/mol. The van der Waals surface area contributed by atoms with E-state index in [1.165, 1.54) is 6.92 Å². The van der Waals surface area contributed by atoms with Crippen LogP contribution in [0.1, 0.15) is 70.7 Å². The zero-order valence-corrected chi connectivity index (χ0v) is 32.8. The van der Waals surface area contributed by atoms with Gasteiger partial charge in [0, 0.05) is 0 Å². The summed E-state index contributed by atoms with van der Waals surface area (Å²) in [6.07, 6.45) is 0.770. The highest BCUT2D eigenvalue weighted by molar-refractivity contribution is 7.08. The lowest BCUT2D eigenvalue weighted by Gasteiger charge is -2.14. The Kier molecular flexibility index (Phi) is 21.7. The van der Waals surface area contributed by atoms with Gasteiger partial charge in [-0.1, -0.05) is 87.9 Å². The first-order chi connectivity index (χ1) is 25.0. The van der Waals surface area contributed by atoms with Gasteiger partial charge < -0.3 is 30.5 Å². The third-order valence-corrected chi connectivity index (χ3v) is 7.70. The molecule has 0 aliphatic heterocycles. The van der Waals surface area contributed by atoms with Crippen LogP contribution >= 0.6 is 11.3 Å². The average Bonchev–Trinajstić information content (AvgIpc) is 3.60. The van der Waals surface area contributed by atoms with Crippen LogP contribution in [0, 0.1) is 18.8 Å². The number of benzene rings is 2. The maximum absolute atomic E-state index is 11.8. The maximum atomic E-state index is 11.8. The first kappa shape index (κ1) is 46.0. The van der Waals surface area contributed by atoms with Crippen LogP contribution in [-0.4, -0.2) is 72.1 Å². The number of hydrogen-bond donors (Lipinski definition) is 4. The first-order valence-corrected chi connectivity index (χ1v) is 18.5. The Bertz CT molecular complexity index is 1560. The van der Waals surface area contributed by atoms with E-state index in [0.29, 0.717) is 25.6 Å². The molecule has 0 bridgehead atoms. The minimum atomic E-state index is -1.03. The average molecular weight is 754 g/mol. The van der Waals surface area contributed by atoms with Crippen molar-refractivity contribution in [3.05, 3.63) is 93.7 Å². The van der Waals surface area contributed by atoms with E-state index in [9.17, 15) is 28.8 Å². The molecule has 0 radical (unpaired) electrons. The fourth-order valence-electron chi connectivity index (χ4n) is 4.06. The van der Waals surface area contributed by atoms with E-state index in [2.05, 4.69) is 16.0 Å². The number of aryl methyl sites for hydroxylation is 1. The molecule has 1 aromatic heterocycles. The summed E-state index contributed by atoms with van der Waals surface area (Å²) in [5.74, 6) is -1.85. The Morgan fingerprint density at radius 3 is 1.40 bits per heavy atom. The highest BCUT2D eigenvalue weighted by Gasteiger charge is 2.19. The van der Waals surface area contributed by atoms with Gasteiger partial charge >= 0.3 is 17.9 Å². The lowest BCUT2D eigenvalue weighted by molar-refractivity contribution is -0.148. The predicted octanol–water partition coefficient (Wildman–Crippen LogP) is 5.05. The summed E-state index contributed by atoms with van der Waals surface area (Å²) < 4.78 is 10.1. The summed E-state index contributed by atoms with van der Waals surface area (Å²) in [5, 5.41) is 20.1. The van der Waals surface area contributed by atoms with Gasteiger partial charge in [0.2, 0.25) is 17.7 Å². The van der Waals surface area contributed by atoms with Gasteiger partial charge in [-0.15, -0.1) is 0 Å². The van der Waals surface area contributed by atoms with Crippen LogP contribution in [0.4, 0.5) is 0 Å². The minimum Gasteiger partial charge on any atom is -0.480 e. The number of esters is 2. The Morgan fingerprint density at radius 1 is 0.585 bits per heavy atom. The maximum Gasteiger partial charge on any atom is 0.328 e. The Morgan fingerprint density at radius 2 is 1.00 bits per heavy atom. The van der Waals surface area contributed by atoms with Gasteiger partial charge in [0.05, 0.1) is 32.5 Å². The minimum absolute atomic E-state index is 0.164. The van der Waals surface area contributed by atoms with Crippen molar-refractivity contribution in [2.75, 3.05) is 13.2 Å². The van der Waals surface area contributed by atoms with Crippen molar-refractivity contribution in [1.29, 1.82) is 0 Å². The Balaban J connectivity index is 0.000000401. The molecule has 3 unspecified atom stereocenters. The molecule has 3 rings (SSSR count). The van der Waals surface area contributed by atoms with E-state index in [1.54, 1.807) is 25.2 Å². The van der Waals surface area contributed by atoms with Crippen LogP contribution in [0.15, 0.2) is 71.4 Å². The summed E-state index contributed by atoms with van der Waals surface area (Å²) in [4.78, 5) is 68.5. The molecule has 0 aliphatic rings. The number of carbonyl (C=O) groups is 6. The molecule has 12 nitrogen and oxygen atoms in total. The molecule has 0 saturated carbocycles. The molecule has 2 aromatic carbocycles. The highest BCUT2D eigenvalue weighted by atomic mass is 32.1. The molecule has 0 fully saturated rings. The largest absolute Gasteiger partial charge is 0.480 e. The smallest absolute Gasteiger partial charge is 0.328 e. The molecule has 4 N–H and O–H groups in total. The molecule has 3 amide bonds. The third kappa shape index (κ3) is 21.8. The van der Waals surface area contributed by atoms with Crippen LogP contribution in [-0.2, 0) is 57.5 Å². The number of ether oxygens (including phenoxy) is 2. The second kappa shape index (κ2) is 25.0. The van der Waals surface area contributed by atoms with Gasteiger partial charge in [-0.2, -0.15) is 11.3 Å². The van der Waals surface area contributed by atoms with Crippen LogP contribution in [0.2, 0.25) is 0 Å². The SMILES string of the molecule is CC(C)COC(=O)C(C)NC(=O)Cc1ccsc1.CC(NC(=O)Cc1ccccc1)C(=O)O.Cc1ccc(CC(=O)NC(C)C(=O)OCC(C)C)cc1. The predicted molar refractivity (Wildman–Crippen MR) is 205 cm³/mol. The van der Waals surface area contributed by atoms with E-state index < -0.39 is 30.1 Å². The van der Waals surface area contributed by atoms with Gasteiger partial charge in [0.1, 0.15) is 18.1 Å². The fraction of sp³-hybridized carbons (Fsp3) is 0.450. The number of amides is 3. The number of rotatable bonds is 16. The molecule has 3 aromatic rings. The fourth-order valence-corrected chi connectivity index (χ4v) is 4.72. The van der Waals surface area contributed by atoms with E-state index in [-0.39, 0.29) is 42.5 Å². The van der Waals surface area contributed by atoms with Gasteiger partial charge in [-0.05, 0) is 73.0 Å². The zero-order chi connectivity index (χ0) is 39.9. The number of hydrogen-bond acceptors (Lipinski definition) is 9. The topological polar surface area (TPSA) is 177 Å². The molecular formula is C40H55N3O9S. The van der Waals surface area contributed by atoms with E-state index in [4.69, 9.17) is 14.6 Å². The van der Waals surface area contributed by atoms with Crippen molar-refractivity contribution in [3.63, 3.8) is 0 Å². The first-order valence-electron chi connectivity index (χ1n) is 17.5.